The van der Waals surface area contributed by atoms with Gasteiger partial charge in [-0.3, -0.25) is 19.8 Å². The number of non-ortho nitro benzene ring substituents is 1. The third-order valence-electron chi connectivity index (χ3n) is 4.72. The van der Waals surface area contributed by atoms with Gasteiger partial charge in [-0.15, -0.1) is 0 Å². The van der Waals surface area contributed by atoms with E-state index in [1.54, 1.807) is 0 Å². The highest BCUT2D eigenvalue weighted by atomic mass is 16.6. The van der Waals surface area contributed by atoms with Crippen molar-refractivity contribution in [2.24, 2.45) is 0 Å². The predicted octanol–water partition coefficient (Wildman–Crippen LogP) is 2.18. The minimum atomic E-state index is -1.10. The largest absolute Gasteiger partial charge is 0.480 e. The first kappa shape index (κ1) is 16.4. The van der Waals surface area contributed by atoms with Gasteiger partial charge in [-0.05, 0) is 37.8 Å². The molecule has 1 spiro atoms. The highest BCUT2D eigenvalue weighted by Crippen LogP contribution is 2.41. The summed E-state index contributed by atoms with van der Waals surface area (Å²) in [5.41, 5.74) is -0.770. The molecule has 1 aromatic carbocycles. The van der Waals surface area contributed by atoms with E-state index in [4.69, 9.17) is 4.74 Å². The molecule has 24 heavy (non-hydrogen) atoms. The zero-order valence-corrected chi connectivity index (χ0v) is 13.0. The van der Waals surface area contributed by atoms with Crippen molar-refractivity contribution in [3.63, 3.8) is 0 Å². The number of carbonyl (C=O) groups excluding carboxylic acids is 1. The lowest BCUT2D eigenvalue weighted by atomic mass is 9.89. The van der Waals surface area contributed by atoms with E-state index in [1.165, 1.54) is 29.2 Å². The fraction of sp³-hybridized carbons (Fsp3) is 0.500. The molecule has 1 N–H and O–H groups in total. The fourth-order valence-electron chi connectivity index (χ4n) is 3.52. The highest BCUT2D eigenvalue weighted by Gasteiger charge is 2.53. The van der Waals surface area contributed by atoms with Crippen LogP contribution in [0.4, 0.5) is 5.69 Å². The van der Waals surface area contributed by atoms with E-state index in [2.05, 4.69) is 0 Å². The Labute approximate surface area is 138 Å². The van der Waals surface area contributed by atoms with Crippen LogP contribution in [-0.2, 0) is 9.53 Å². The number of nitro groups is 1. The van der Waals surface area contributed by atoms with Gasteiger partial charge in [0.1, 0.15) is 5.72 Å². The molecule has 1 amide bonds. The number of carbonyl (C=O) groups is 2. The first-order chi connectivity index (χ1) is 11.4. The average Bonchev–Trinajstić information content (AvgIpc) is 2.93. The lowest BCUT2D eigenvalue weighted by Gasteiger charge is -2.41. The Hall–Kier alpha value is -2.48. The van der Waals surface area contributed by atoms with Crippen LogP contribution in [0.25, 0.3) is 0 Å². The summed E-state index contributed by atoms with van der Waals surface area (Å²) in [5, 5.41) is 20.2. The van der Waals surface area contributed by atoms with E-state index in [0.29, 0.717) is 12.8 Å². The second-order valence-electron chi connectivity index (χ2n) is 6.15. The zero-order chi connectivity index (χ0) is 17.3. The number of ether oxygens (including phenoxy) is 1. The number of rotatable bonds is 3. The minimum Gasteiger partial charge on any atom is -0.480 e. The number of hydrogen-bond acceptors (Lipinski definition) is 5. The molecule has 0 aromatic heterocycles. The van der Waals surface area contributed by atoms with Gasteiger partial charge in [-0.25, -0.2) is 4.79 Å². The summed E-state index contributed by atoms with van der Waals surface area (Å²) in [6.07, 6.45) is 3.99. The van der Waals surface area contributed by atoms with Crippen LogP contribution in [0.1, 0.15) is 42.5 Å². The molecule has 1 saturated carbocycles. The second-order valence-corrected chi connectivity index (χ2v) is 6.15. The maximum absolute atomic E-state index is 12.9. The molecule has 1 aliphatic carbocycles. The first-order valence-electron chi connectivity index (χ1n) is 7.89. The summed E-state index contributed by atoms with van der Waals surface area (Å²) in [5.74, 6) is -1.57. The molecule has 1 aliphatic heterocycles. The van der Waals surface area contributed by atoms with Crippen molar-refractivity contribution in [3.05, 3.63) is 39.9 Å². The number of benzene rings is 1. The van der Waals surface area contributed by atoms with E-state index < -0.39 is 28.6 Å². The molecule has 0 unspecified atom stereocenters. The van der Waals surface area contributed by atoms with Crippen LogP contribution in [0, 0.1) is 10.1 Å². The topological polar surface area (TPSA) is 110 Å². The first-order valence-corrected chi connectivity index (χ1v) is 7.89. The molecule has 0 radical (unpaired) electrons. The van der Waals surface area contributed by atoms with Crippen LogP contribution in [0.2, 0.25) is 0 Å². The van der Waals surface area contributed by atoms with Gasteiger partial charge in [0.15, 0.2) is 6.04 Å². The molecule has 1 aromatic rings. The van der Waals surface area contributed by atoms with Gasteiger partial charge in [-0.1, -0.05) is 6.42 Å². The standard InChI is InChI=1S/C16H18N2O6/c19-14(11-4-6-12(7-5-11)18(22)23)17-13(15(20)21)10-24-16(17)8-2-1-3-9-16/h4-7,13H,1-3,8-10H2,(H,20,21)/t13-/m0/s1. The zero-order valence-electron chi connectivity index (χ0n) is 13.0. The monoisotopic (exact) mass is 334 g/mol. The Balaban J connectivity index is 1.93. The molecule has 1 saturated heterocycles. The highest BCUT2D eigenvalue weighted by molar-refractivity contribution is 5.97. The van der Waals surface area contributed by atoms with E-state index in [0.717, 1.165) is 19.3 Å². The summed E-state index contributed by atoms with van der Waals surface area (Å²) in [7, 11) is 0. The third-order valence-corrected chi connectivity index (χ3v) is 4.72. The summed E-state index contributed by atoms with van der Waals surface area (Å²) in [4.78, 5) is 36.0. The van der Waals surface area contributed by atoms with Gasteiger partial charge in [0.25, 0.3) is 11.6 Å². The summed E-state index contributed by atoms with van der Waals surface area (Å²) in [6.45, 7) is -0.0337. The third kappa shape index (κ3) is 2.73. The molecule has 1 atom stereocenters. The van der Waals surface area contributed by atoms with Gasteiger partial charge in [0.2, 0.25) is 0 Å². The number of amides is 1. The SMILES string of the molecule is O=C(O)[C@@H]1COC2(CCCCC2)N1C(=O)c1ccc([N+](=O)[O-])cc1. The summed E-state index contributed by atoms with van der Waals surface area (Å²) in [6, 6.07) is 4.16. The quantitative estimate of drug-likeness (QED) is 0.670. The Morgan fingerprint density at radius 3 is 2.38 bits per heavy atom. The number of carboxylic acids is 1. The lowest BCUT2D eigenvalue weighted by molar-refractivity contribution is -0.384. The average molecular weight is 334 g/mol. The molecule has 0 bridgehead atoms. The Morgan fingerprint density at radius 2 is 1.83 bits per heavy atom. The maximum atomic E-state index is 12.9. The van der Waals surface area contributed by atoms with Crippen LogP contribution in [-0.4, -0.2) is 45.2 Å². The predicted molar refractivity (Wildman–Crippen MR) is 82.5 cm³/mol. The Morgan fingerprint density at radius 1 is 1.21 bits per heavy atom. The molecule has 2 fully saturated rings. The van der Waals surface area contributed by atoms with Gasteiger partial charge < -0.3 is 9.84 Å². The number of aliphatic carboxylic acids is 1. The van der Waals surface area contributed by atoms with E-state index in [9.17, 15) is 24.8 Å². The number of nitro benzene ring substituents is 1. The molecule has 8 nitrogen and oxygen atoms in total. The van der Waals surface area contributed by atoms with Crippen LogP contribution in [0.3, 0.4) is 0 Å². The molecule has 3 rings (SSSR count). The van der Waals surface area contributed by atoms with Crippen molar-refractivity contribution < 1.29 is 24.4 Å². The van der Waals surface area contributed by atoms with Crippen LogP contribution >= 0.6 is 0 Å². The van der Waals surface area contributed by atoms with Crippen molar-refractivity contribution in [1.82, 2.24) is 4.90 Å². The van der Waals surface area contributed by atoms with Gasteiger partial charge in [0.05, 0.1) is 11.5 Å². The van der Waals surface area contributed by atoms with Gasteiger partial charge in [-0.2, -0.15) is 0 Å². The summed E-state index contributed by atoms with van der Waals surface area (Å²) >= 11 is 0. The molecular weight excluding hydrogens is 316 g/mol. The van der Waals surface area contributed by atoms with Crippen LogP contribution in [0.5, 0.6) is 0 Å². The minimum absolute atomic E-state index is 0.0337. The van der Waals surface area contributed by atoms with Crippen molar-refractivity contribution in [3.8, 4) is 0 Å². The molecule has 2 aliphatic rings. The van der Waals surface area contributed by atoms with Gasteiger partial charge in [0, 0.05) is 17.7 Å². The van der Waals surface area contributed by atoms with Gasteiger partial charge >= 0.3 is 5.97 Å². The van der Waals surface area contributed by atoms with Crippen LogP contribution < -0.4 is 0 Å². The number of carboxylic acid groups (broad SMARTS) is 1. The second kappa shape index (κ2) is 6.20. The number of nitrogens with zero attached hydrogens (tertiary/aromatic N) is 2. The van der Waals surface area contributed by atoms with E-state index >= 15 is 0 Å². The van der Waals surface area contributed by atoms with Crippen molar-refractivity contribution in [2.75, 3.05) is 6.61 Å². The van der Waals surface area contributed by atoms with Crippen molar-refractivity contribution in [2.45, 2.75) is 43.9 Å². The molecule has 128 valence electrons. The Bertz CT molecular complexity index is 666. The molecule has 8 heteroatoms. The van der Waals surface area contributed by atoms with Crippen molar-refractivity contribution in [1.29, 1.82) is 0 Å². The molecular formula is C16H18N2O6. The van der Waals surface area contributed by atoms with Crippen molar-refractivity contribution >= 4 is 17.6 Å². The molecule has 1 heterocycles. The fourth-order valence-corrected chi connectivity index (χ4v) is 3.52. The van der Waals surface area contributed by atoms with E-state index in [1.807, 2.05) is 0 Å². The number of hydrogen-bond donors (Lipinski definition) is 1. The smallest absolute Gasteiger partial charge is 0.328 e. The lowest BCUT2D eigenvalue weighted by Crippen LogP contribution is -2.54. The summed E-state index contributed by atoms with van der Waals surface area (Å²) < 4.78 is 5.79. The van der Waals surface area contributed by atoms with E-state index in [-0.39, 0.29) is 17.9 Å². The Kier molecular flexibility index (Phi) is 4.23. The maximum Gasteiger partial charge on any atom is 0.328 e. The normalized spacial score (nSPS) is 22.5. The van der Waals surface area contributed by atoms with Crippen LogP contribution in [0.15, 0.2) is 24.3 Å².